The molecule has 0 spiro atoms. The lowest BCUT2D eigenvalue weighted by Gasteiger charge is -2.32. The smallest absolute Gasteiger partial charge is 0.366 e. The summed E-state index contributed by atoms with van der Waals surface area (Å²) in [4.78, 5) is 25.5. The Balaban J connectivity index is 1.71. The van der Waals surface area contributed by atoms with E-state index in [1.54, 1.807) is 49.4 Å². The molecule has 7 heteroatoms. The first-order valence-electron chi connectivity index (χ1n) is 11.8. The van der Waals surface area contributed by atoms with Crippen LogP contribution in [0.25, 0.3) is 10.8 Å². The number of rotatable bonds is 6. The molecule has 1 atom stereocenters. The van der Waals surface area contributed by atoms with Crippen LogP contribution < -0.4 is 10.9 Å². The standard InChI is InChI=1S/C30H28N2O5/c1-20-26-17-24(13-14-25(26)27(34)37-32-20)31-28(35)30(36,16-15-21-9-11-22(18-33)12-10-21)19-29(2,3)23-7-5-4-6-8-23/h4-14,17,33,36H,18-19H2,1-3H3,(H,31,35). The van der Waals surface area contributed by atoms with E-state index in [2.05, 4.69) is 22.3 Å². The van der Waals surface area contributed by atoms with Gasteiger partial charge in [-0.3, -0.25) is 4.79 Å². The summed E-state index contributed by atoms with van der Waals surface area (Å²) in [5.74, 6) is 5.03. The molecule has 0 saturated carbocycles. The number of carbonyl (C=O) groups is 1. The van der Waals surface area contributed by atoms with Crippen molar-refractivity contribution in [1.29, 1.82) is 0 Å². The molecule has 0 bridgehead atoms. The Bertz CT molecular complexity index is 1550. The molecule has 0 aliphatic heterocycles. The van der Waals surface area contributed by atoms with Crippen molar-refractivity contribution in [2.75, 3.05) is 5.32 Å². The Labute approximate surface area is 214 Å². The molecule has 4 aromatic rings. The maximum Gasteiger partial charge on any atom is 0.366 e. The van der Waals surface area contributed by atoms with E-state index in [1.807, 2.05) is 44.2 Å². The summed E-state index contributed by atoms with van der Waals surface area (Å²) < 4.78 is 4.77. The number of amides is 1. The van der Waals surface area contributed by atoms with Crippen molar-refractivity contribution in [3.63, 3.8) is 0 Å². The van der Waals surface area contributed by atoms with Crippen LogP contribution in [0.1, 0.15) is 42.7 Å². The molecule has 188 valence electrons. The van der Waals surface area contributed by atoms with Crippen molar-refractivity contribution < 1.29 is 19.5 Å². The highest BCUT2D eigenvalue weighted by Gasteiger charge is 2.41. The minimum absolute atomic E-state index is 0.0231. The lowest BCUT2D eigenvalue weighted by Crippen LogP contribution is -2.46. The predicted octanol–water partition coefficient (Wildman–Crippen LogP) is 4.08. The molecule has 4 rings (SSSR count). The average Bonchev–Trinajstić information content (AvgIpc) is 2.90. The Hall–Kier alpha value is -4.25. The largest absolute Gasteiger partial charge is 0.392 e. The number of carbonyl (C=O) groups excluding carboxylic acids is 1. The fraction of sp³-hybridized carbons (Fsp3) is 0.233. The molecule has 0 fully saturated rings. The average molecular weight is 497 g/mol. The number of aryl methyl sites for hydroxylation is 1. The van der Waals surface area contributed by atoms with Crippen LogP contribution in [0.4, 0.5) is 5.69 Å². The molecule has 1 aromatic heterocycles. The van der Waals surface area contributed by atoms with E-state index in [1.165, 1.54) is 0 Å². The van der Waals surface area contributed by atoms with Gasteiger partial charge in [0.15, 0.2) is 0 Å². The van der Waals surface area contributed by atoms with Crippen LogP contribution in [0.15, 0.2) is 82.1 Å². The summed E-state index contributed by atoms with van der Waals surface area (Å²) in [5, 5.41) is 28.4. The third-order valence-corrected chi connectivity index (χ3v) is 6.33. The maximum absolute atomic E-state index is 13.6. The molecule has 1 amide bonds. The van der Waals surface area contributed by atoms with Crippen LogP contribution in [0.2, 0.25) is 0 Å². The number of aromatic nitrogens is 1. The molecule has 7 nitrogen and oxygen atoms in total. The first-order chi connectivity index (χ1) is 17.6. The number of nitrogens with one attached hydrogen (secondary N) is 1. The third kappa shape index (κ3) is 5.78. The van der Waals surface area contributed by atoms with Crippen LogP contribution in [0.3, 0.4) is 0 Å². The minimum atomic E-state index is -2.05. The van der Waals surface area contributed by atoms with Crippen molar-refractivity contribution in [2.24, 2.45) is 0 Å². The molecule has 3 N–H and O–H groups in total. The van der Waals surface area contributed by atoms with Gasteiger partial charge in [0, 0.05) is 23.1 Å². The summed E-state index contributed by atoms with van der Waals surface area (Å²) in [6.07, 6.45) is 0.0231. The van der Waals surface area contributed by atoms with E-state index in [4.69, 9.17) is 4.52 Å². The minimum Gasteiger partial charge on any atom is -0.392 e. The molecule has 0 saturated heterocycles. The zero-order valence-electron chi connectivity index (χ0n) is 20.9. The second-order valence-corrected chi connectivity index (χ2v) is 9.66. The highest BCUT2D eigenvalue weighted by atomic mass is 16.5. The number of hydrogen-bond donors (Lipinski definition) is 3. The van der Waals surface area contributed by atoms with Crippen molar-refractivity contribution in [1.82, 2.24) is 5.16 Å². The van der Waals surface area contributed by atoms with E-state index in [-0.39, 0.29) is 13.0 Å². The SMILES string of the molecule is Cc1noc(=O)c2ccc(NC(=O)C(O)(C#Cc3ccc(CO)cc3)CC(C)(C)c3ccccc3)cc12. The number of nitrogens with zero attached hydrogens (tertiary/aromatic N) is 1. The van der Waals surface area contributed by atoms with Crippen molar-refractivity contribution in [3.05, 3.63) is 106 Å². The van der Waals surface area contributed by atoms with E-state index in [9.17, 15) is 19.8 Å². The van der Waals surface area contributed by atoms with Crippen molar-refractivity contribution in [3.8, 4) is 11.8 Å². The first kappa shape index (κ1) is 25.8. The van der Waals surface area contributed by atoms with Gasteiger partial charge in [-0.2, -0.15) is 0 Å². The van der Waals surface area contributed by atoms with Crippen LogP contribution >= 0.6 is 0 Å². The van der Waals surface area contributed by atoms with E-state index in [0.29, 0.717) is 27.7 Å². The highest BCUT2D eigenvalue weighted by Crippen LogP contribution is 2.33. The van der Waals surface area contributed by atoms with Gasteiger partial charge in [-0.15, -0.1) is 0 Å². The van der Waals surface area contributed by atoms with Gasteiger partial charge in [-0.25, -0.2) is 4.79 Å². The molecule has 3 aromatic carbocycles. The lowest BCUT2D eigenvalue weighted by atomic mass is 9.75. The highest BCUT2D eigenvalue weighted by molar-refractivity contribution is 6.01. The van der Waals surface area contributed by atoms with Crippen molar-refractivity contribution in [2.45, 2.75) is 44.8 Å². The molecule has 0 aliphatic carbocycles. The van der Waals surface area contributed by atoms with E-state index >= 15 is 0 Å². The van der Waals surface area contributed by atoms with Gasteiger partial charge in [-0.1, -0.05) is 73.3 Å². The zero-order chi connectivity index (χ0) is 26.6. The zero-order valence-corrected chi connectivity index (χ0v) is 20.9. The number of hydrogen-bond acceptors (Lipinski definition) is 6. The predicted molar refractivity (Wildman–Crippen MR) is 142 cm³/mol. The number of aliphatic hydroxyl groups is 2. The second kappa shape index (κ2) is 10.4. The molecule has 1 heterocycles. The molecular weight excluding hydrogens is 468 g/mol. The van der Waals surface area contributed by atoms with E-state index < -0.39 is 22.5 Å². The molecular formula is C30H28N2O5. The number of benzene rings is 3. The Morgan fingerprint density at radius 3 is 2.41 bits per heavy atom. The summed E-state index contributed by atoms with van der Waals surface area (Å²) in [6, 6.07) is 21.3. The fourth-order valence-electron chi connectivity index (χ4n) is 4.22. The lowest BCUT2D eigenvalue weighted by molar-refractivity contribution is -0.130. The van der Waals surface area contributed by atoms with E-state index in [0.717, 1.165) is 11.1 Å². The molecule has 0 aliphatic rings. The van der Waals surface area contributed by atoms with Gasteiger partial charge >= 0.3 is 5.63 Å². The third-order valence-electron chi connectivity index (χ3n) is 6.33. The van der Waals surface area contributed by atoms with Crippen molar-refractivity contribution >= 4 is 22.4 Å². The summed E-state index contributed by atoms with van der Waals surface area (Å²) in [6.45, 7) is 5.50. The van der Waals surface area contributed by atoms with Gasteiger partial charge in [0.25, 0.3) is 5.91 Å². The second-order valence-electron chi connectivity index (χ2n) is 9.66. The Kier molecular flexibility index (Phi) is 7.25. The topological polar surface area (TPSA) is 113 Å². The van der Waals surface area contributed by atoms with Gasteiger partial charge in [0.1, 0.15) is 0 Å². The summed E-state index contributed by atoms with van der Waals surface area (Å²) in [5.41, 5.74) is -0.0417. The van der Waals surface area contributed by atoms with Crippen LogP contribution in [0.5, 0.6) is 0 Å². The fourth-order valence-corrected chi connectivity index (χ4v) is 4.22. The van der Waals surface area contributed by atoms with Gasteiger partial charge in [0.05, 0.1) is 17.7 Å². The van der Waals surface area contributed by atoms with Crippen LogP contribution in [-0.4, -0.2) is 26.9 Å². The molecule has 1 unspecified atom stereocenters. The molecule has 37 heavy (non-hydrogen) atoms. The quantitative estimate of drug-likeness (QED) is 0.347. The van der Waals surface area contributed by atoms with Crippen LogP contribution in [0, 0.1) is 18.8 Å². The van der Waals surface area contributed by atoms with Gasteiger partial charge in [-0.05, 0) is 53.8 Å². The summed E-state index contributed by atoms with van der Waals surface area (Å²) in [7, 11) is 0. The Morgan fingerprint density at radius 1 is 1.03 bits per heavy atom. The Morgan fingerprint density at radius 2 is 1.73 bits per heavy atom. The van der Waals surface area contributed by atoms with Gasteiger partial charge in [0.2, 0.25) is 5.60 Å². The van der Waals surface area contributed by atoms with Gasteiger partial charge < -0.3 is 20.1 Å². The summed E-state index contributed by atoms with van der Waals surface area (Å²) >= 11 is 0. The number of anilines is 1. The van der Waals surface area contributed by atoms with Crippen LogP contribution in [-0.2, 0) is 16.8 Å². The first-order valence-corrected chi connectivity index (χ1v) is 11.8. The normalized spacial score (nSPS) is 12.9. The number of fused-ring (bicyclic) bond motifs is 1. The maximum atomic E-state index is 13.6. The monoisotopic (exact) mass is 496 g/mol. The number of aliphatic hydroxyl groups excluding tert-OH is 1. The molecule has 0 radical (unpaired) electrons.